The van der Waals surface area contributed by atoms with Gasteiger partial charge in [-0.2, -0.15) is 0 Å². The van der Waals surface area contributed by atoms with Gasteiger partial charge in [-0.25, -0.2) is 0 Å². The molecule has 2 nitrogen and oxygen atoms in total. The molecule has 0 saturated carbocycles. The van der Waals surface area contributed by atoms with Crippen molar-refractivity contribution in [1.29, 1.82) is 0 Å². The Bertz CT molecular complexity index is 352. The number of hydrogen-bond donors (Lipinski definition) is 1. The van der Waals surface area contributed by atoms with Gasteiger partial charge in [-0.3, -0.25) is 4.90 Å². The predicted molar refractivity (Wildman–Crippen MR) is 85.3 cm³/mol. The largest absolute Gasteiger partial charge is 0.393 e. The van der Waals surface area contributed by atoms with E-state index in [0.717, 1.165) is 25.3 Å². The first-order valence-corrected chi connectivity index (χ1v) is 7.69. The van der Waals surface area contributed by atoms with Crippen LogP contribution in [0.5, 0.6) is 0 Å². The number of nitrogens with two attached hydrogens (primary N) is 1. The lowest BCUT2D eigenvalue weighted by Crippen LogP contribution is -2.35. The van der Waals surface area contributed by atoms with Crippen LogP contribution in [0, 0.1) is 0 Å². The Labute approximate surface area is 120 Å². The Morgan fingerprint density at radius 2 is 1.94 bits per heavy atom. The Balaban J connectivity index is 2.31. The molecule has 0 atom stereocenters. The fraction of sp³-hybridized carbons (Fsp3) is 0.500. The van der Waals surface area contributed by atoms with Gasteiger partial charge in [0.15, 0.2) is 0 Å². The molecule has 0 radical (unpaired) electrons. The van der Waals surface area contributed by atoms with E-state index in [1.165, 1.54) is 4.90 Å². The third-order valence-electron chi connectivity index (χ3n) is 2.77. The van der Waals surface area contributed by atoms with Crippen LogP contribution in [0.2, 0.25) is 0 Å². The highest BCUT2D eigenvalue weighted by Crippen LogP contribution is 2.17. The van der Waals surface area contributed by atoms with Gasteiger partial charge in [0.1, 0.15) is 0 Å². The molecule has 4 heteroatoms. The lowest BCUT2D eigenvalue weighted by atomic mass is 10.3. The van der Waals surface area contributed by atoms with E-state index in [-0.39, 0.29) is 0 Å². The van der Waals surface area contributed by atoms with Crippen molar-refractivity contribution >= 4 is 29.0 Å². The zero-order valence-corrected chi connectivity index (χ0v) is 12.8. The van der Waals surface area contributed by atoms with Gasteiger partial charge < -0.3 is 5.73 Å². The van der Waals surface area contributed by atoms with E-state index in [2.05, 4.69) is 43.0 Å². The molecule has 18 heavy (non-hydrogen) atoms. The van der Waals surface area contributed by atoms with Gasteiger partial charge in [-0.05, 0) is 26.0 Å². The van der Waals surface area contributed by atoms with Crippen molar-refractivity contribution in [2.45, 2.75) is 31.2 Å². The van der Waals surface area contributed by atoms with E-state index < -0.39 is 0 Å². The molecule has 1 rings (SSSR count). The predicted octanol–water partition coefficient (Wildman–Crippen LogP) is 3.17. The van der Waals surface area contributed by atoms with Crippen LogP contribution in [0.4, 0.5) is 0 Å². The molecule has 0 aliphatic heterocycles. The van der Waals surface area contributed by atoms with E-state index in [1.807, 2.05) is 17.8 Å². The third-order valence-corrected chi connectivity index (χ3v) is 3.96. The van der Waals surface area contributed by atoms with E-state index in [1.54, 1.807) is 0 Å². The quantitative estimate of drug-likeness (QED) is 0.586. The summed E-state index contributed by atoms with van der Waals surface area (Å²) >= 11 is 6.83. The van der Waals surface area contributed by atoms with Crippen molar-refractivity contribution in [3.8, 4) is 0 Å². The van der Waals surface area contributed by atoms with Crippen LogP contribution in [0.1, 0.15) is 20.3 Å². The van der Waals surface area contributed by atoms with Crippen molar-refractivity contribution in [3.05, 3.63) is 30.3 Å². The summed E-state index contributed by atoms with van der Waals surface area (Å²) in [5.74, 6) is 1.10. The molecule has 1 aromatic rings. The molecule has 0 spiro atoms. The maximum absolute atomic E-state index is 5.56. The van der Waals surface area contributed by atoms with Gasteiger partial charge in [0.2, 0.25) is 0 Å². The third kappa shape index (κ3) is 6.38. The zero-order chi connectivity index (χ0) is 13.4. The molecule has 0 aliphatic rings. The molecule has 0 bridgehead atoms. The lowest BCUT2D eigenvalue weighted by Gasteiger charge is -2.26. The number of rotatable bonds is 8. The molecule has 0 aromatic heterocycles. The normalized spacial score (nSPS) is 11.1. The molecule has 0 aliphatic carbocycles. The van der Waals surface area contributed by atoms with E-state index in [0.29, 0.717) is 11.0 Å². The van der Waals surface area contributed by atoms with Crippen molar-refractivity contribution in [1.82, 2.24) is 4.90 Å². The standard InChI is InChI=1S/C14H22N2S2/c1-12(2)16(9-8-14(15)17)10-11-18-13-6-4-3-5-7-13/h3-7,12H,8-11H2,1-2H3,(H2,15,17). The summed E-state index contributed by atoms with van der Waals surface area (Å²) in [5.41, 5.74) is 5.56. The summed E-state index contributed by atoms with van der Waals surface area (Å²) in [7, 11) is 0. The molecule has 2 N–H and O–H groups in total. The van der Waals surface area contributed by atoms with Crippen LogP contribution in [-0.2, 0) is 0 Å². The number of hydrogen-bond acceptors (Lipinski definition) is 3. The lowest BCUT2D eigenvalue weighted by molar-refractivity contribution is 0.243. The Morgan fingerprint density at radius 1 is 1.28 bits per heavy atom. The van der Waals surface area contributed by atoms with E-state index in [4.69, 9.17) is 18.0 Å². The summed E-state index contributed by atoms with van der Waals surface area (Å²) in [6.07, 6.45) is 0.809. The number of benzene rings is 1. The van der Waals surface area contributed by atoms with Crippen LogP contribution in [0.15, 0.2) is 35.2 Å². The second-order valence-electron chi connectivity index (χ2n) is 4.51. The summed E-state index contributed by atoms with van der Waals surface area (Å²) in [6, 6.07) is 11.0. The molecule has 0 fully saturated rings. The van der Waals surface area contributed by atoms with E-state index in [9.17, 15) is 0 Å². The van der Waals surface area contributed by atoms with Gasteiger partial charge in [-0.15, -0.1) is 11.8 Å². The van der Waals surface area contributed by atoms with Crippen LogP contribution in [0.25, 0.3) is 0 Å². The van der Waals surface area contributed by atoms with Crippen molar-refractivity contribution in [2.24, 2.45) is 5.73 Å². The van der Waals surface area contributed by atoms with Gasteiger partial charge in [0.25, 0.3) is 0 Å². The summed E-state index contributed by atoms with van der Waals surface area (Å²) in [5, 5.41) is 0. The fourth-order valence-electron chi connectivity index (χ4n) is 1.68. The zero-order valence-electron chi connectivity index (χ0n) is 11.1. The molecular weight excluding hydrogens is 260 g/mol. The average Bonchev–Trinajstić information content (AvgIpc) is 2.34. The molecule has 0 amide bonds. The van der Waals surface area contributed by atoms with Gasteiger partial charge in [-0.1, -0.05) is 30.4 Å². The maximum Gasteiger partial charge on any atom is 0.0740 e. The molecule has 0 heterocycles. The first-order chi connectivity index (χ1) is 8.59. The Hall–Kier alpha value is -0.580. The van der Waals surface area contributed by atoms with Gasteiger partial charge >= 0.3 is 0 Å². The second kappa shape index (κ2) is 8.51. The molecule has 0 saturated heterocycles. The second-order valence-corrected chi connectivity index (χ2v) is 6.20. The highest BCUT2D eigenvalue weighted by molar-refractivity contribution is 7.99. The fourth-order valence-corrected chi connectivity index (χ4v) is 2.68. The van der Waals surface area contributed by atoms with Crippen LogP contribution >= 0.6 is 24.0 Å². The first kappa shape index (κ1) is 15.5. The first-order valence-electron chi connectivity index (χ1n) is 6.30. The Morgan fingerprint density at radius 3 is 2.50 bits per heavy atom. The van der Waals surface area contributed by atoms with Crippen molar-refractivity contribution in [3.63, 3.8) is 0 Å². The molecule has 100 valence electrons. The van der Waals surface area contributed by atoms with Crippen LogP contribution < -0.4 is 5.73 Å². The van der Waals surface area contributed by atoms with Gasteiger partial charge in [0.05, 0.1) is 4.99 Å². The minimum absolute atomic E-state index is 0.538. The SMILES string of the molecule is CC(C)N(CCSc1ccccc1)CCC(N)=S. The number of nitrogens with zero attached hydrogens (tertiary/aromatic N) is 1. The number of thioether (sulfide) groups is 1. The summed E-state index contributed by atoms with van der Waals surface area (Å²) < 4.78 is 0. The average molecular weight is 282 g/mol. The highest BCUT2D eigenvalue weighted by atomic mass is 32.2. The van der Waals surface area contributed by atoms with Crippen LogP contribution in [0.3, 0.4) is 0 Å². The van der Waals surface area contributed by atoms with E-state index >= 15 is 0 Å². The summed E-state index contributed by atoms with van der Waals surface area (Å²) in [4.78, 5) is 4.36. The minimum Gasteiger partial charge on any atom is -0.393 e. The van der Waals surface area contributed by atoms with Crippen molar-refractivity contribution in [2.75, 3.05) is 18.8 Å². The maximum atomic E-state index is 5.56. The summed E-state index contributed by atoms with van der Waals surface area (Å²) in [6.45, 7) is 6.46. The van der Waals surface area contributed by atoms with Crippen LogP contribution in [-0.4, -0.2) is 34.8 Å². The molecule has 0 unspecified atom stereocenters. The molecule has 1 aromatic carbocycles. The number of thiocarbonyl (C=S) groups is 1. The van der Waals surface area contributed by atoms with Crippen molar-refractivity contribution < 1.29 is 0 Å². The smallest absolute Gasteiger partial charge is 0.0740 e. The van der Waals surface area contributed by atoms with Gasteiger partial charge in [0, 0.05) is 36.2 Å². The monoisotopic (exact) mass is 282 g/mol. The highest BCUT2D eigenvalue weighted by Gasteiger charge is 2.09. The molecular formula is C14H22N2S2. The Kier molecular flexibility index (Phi) is 7.32. The minimum atomic E-state index is 0.538. The topological polar surface area (TPSA) is 29.3 Å².